The highest BCUT2D eigenvalue weighted by molar-refractivity contribution is 8.00. The molecule has 0 aromatic heterocycles. The van der Waals surface area contributed by atoms with Gasteiger partial charge in [0.05, 0.1) is 11.5 Å². The fourth-order valence-electron chi connectivity index (χ4n) is 3.28. The van der Waals surface area contributed by atoms with Gasteiger partial charge in [-0.05, 0) is 25.8 Å². The summed E-state index contributed by atoms with van der Waals surface area (Å²) >= 11 is 1.30. The average Bonchev–Trinajstić information content (AvgIpc) is 3.05. The number of likely N-dealkylation sites (tertiary alicyclic amines) is 1. The summed E-state index contributed by atoms with van der Waals surface area (Å²) in [6.07, 6.45) is 0.997. The maximum absolute atomic E-state index is 12.4. The van der Waals surface area contributed by atoms with Crippen LogP contribution < -0.4 is 5.73 Å². The minimum atomic E-state index is -0.375. The molecule has 1 aliphatic rings. The largest absolute Gasteiger partial charge is 0.369 e. The van der Waals surface area contributed by atoms with Gasteiger partial charge >= 0.3 is 0 Å². The van der Waals surface area contributed by atoms with Crippen LogP contribution in [0.3, 0.4) is 0 Å². The summed E-state index contributed by atoms with van der Waals surface area (Å²) < 4.78 is 0. The summed E-state index contributed by atoms with van der Waals surface area (Å²) in [6, 6.07) is 11.1. The molecule has 1 aliphatic heterocycles. The number of primary amides is 1. The molecule has 24 heavy (non-hydrogen) atoms. The molecule has 5 nitrogen and oxygen atoms in total. The van der Waals surface area contributed by atoms with Crippen LogP contribution in [0.4, 0.5) is 0 Å². The Kier molecular flexibility index (Phi) is 7.12. The Labute approximate surface area is 148 Å². The second-order valence-corrected chi connectivity index (χ2v) is 7.15. The van der Waals surface area contributed by atoms with Crippen molar-refractivity contribution in [2.45, 2.75) is 32.4 Å². The predicted octanol–water partition coefficient (Wildman–Crippen LogP) is 1.89. The molecule has 0 bridgehead atoms. The van der Waals surface area contributed by atoms with E-state index in [1.54, 1.807) is 0 Å². The number of thioether (sulfide) groups is 1. The SMILES string of the molecule is CCN(C(=O)CSCC(N)=O)[C@H]1CCN([C@@H](C)c2ccccc2)C1. The number of nitrogens with two attached hydrogens (primary N) is 1. The molecule has 2 amide bonds. The third-order valence-electron chi connectivity index (χ3n) is 4.60. The van der Waals surface area contributed by atoms with Gasteiger partial charge in [-0.1, -0.05) is 30.3 Å². The van der Waals surface area contributed by atoms with Gasteiger partial charge in [0.15, 0.2) is 0 Å². The summed E-state index contributed by atoms with van der Waals surface area (Å²) in [4.78, 5) is 27.6. The number of hydrogen-bond acceptors (Lipinski definition) is 4. The van der Waals surface area contributed by atoms with Crippen molar-refractivity contribution in [2.24, 2.45) is 5.73 Å². The maximum atomic E-state index is 12.4. The molecule has 2 atom stereocenters. The summed E-state index contributed by atoms with van der Waals surface area (Å²) in [5.74, 6) is 0.245. The lowest BCUT2D eigenvalue weighted by atomic mass is 10.1. The molecule has 0 unspecified atom stereocenters. The van der Waals surface area contributed by atoms with Crippen molar-refractivity contribution in [1.29, 1.82) is 0 Å². The number of hydrogen-bond donors (Lipinski definition) is 1. The molecule has 1 saturated heterocycles. The predicted molar refractivity (Wildman–Crippen MR) is 98.7 cm³/mol. The Bertz CT molecular complexity index is 552. The molecule has 1 aromatic carbocycles. The summed E-state index contributed by atoms with van der Waals surface area (Å²) in [6.45, 7) is 6.84. The van der Waals surface area contributed by atoms with Crippen molar-refractivity contribution in [3.05, 3.63) is 35.9 Å². The van der Waals surface area contributed by atoms with Crippen LogP contribution in [0.2, 0.25) is 0 Å². The first-order valence-electron chi connectivity index (χ1n) is 8.47. The van der Waals surface area contributed by atoms with E-state index in [0.717, 1.165) is 19.5 Å². The van der Waals surface area contributed by atoms with E-state index in [2.05, 4.69) is 36.1 Å². The molecule has 2 rings (SSSR count). The van der Waals surface area contributed by atoms with Crippen molar-refractivity contribution in [3.8, 4) is 0 Å². The molecular formula is C18H27N3O2S. The van der Waals surface area contributed by atoms with E-state index in [9.17, 15) is 9.59 Å². The number of rotatable bonds is 8. The summed E-state index contributed by atoms with van der Waals surface area (Å²) in [5.41, 5.74) is 6.43. The first kappa shape index (κ1) is 18.8. The van der Waals surface area contributed by atoms with E-state index in [1.165, 1.54) is 17.3 Å². The van der Waals surface area contributed by atoms with Crippen molar-refractivity contribution in [1.82, 2.24) is 9.80 Å². The van der Waals surface area contributed by atoms with Crippen LogP contribution in [0, 0.1) is 0 Å². The molecule has 0 aliphatic carbocycles. The first-order chi connectivity index (χ1) is 11.5. The molecule has 1 fully saturated rings. The number of carbonyl (C=O) groups is 2. The van der Waals surface area contributed by atoms with Crippen LogP contribution in [0.25, 0.3) is 0 Å². The monoisotopic (exact) mass is 349 g/mol. The molecule has 0 spiro atoms. The van der Waals surface area contributed by atoms with E-state index < -0.39 is 0 Å². The van der Waals surface area contributed by atoms with Gasteiger partial charge in [0.1, 0.15) is 0 Å². The van der Waals surface area contributed by atoms with Crippen molar-refractivity contribution < 1.29 is 9.59 Å². The zero-order chi connectivity index (χ0) is 17.5. The molecular weight excluding hydrogens is 322 g/mol. The van der Waals surface area contributed by atoms with Crippen LogP contribution >= 0.6 is 11.8 Å². The lowest BCUT2D eigenvalue weighted by Gasteiger charge is -2.29. The van der Waals surface area contributed by atoms with Crippen molar-refractivity contribution in [3.63, 3.8) is 0 Å². The average molecular weight is 350 g/mol. The third-order valence-corrected chi connectivity index (χ3v) is 5.54. The first-order valence-corrected chi connectivity index (χ1v) is 9.63. The van der Waals surface area contributed by atoms with E-state index in [4.69, 9.17) is 5.73 Å². The number of benzene rings is 1. The zero-order valence-corrected chi connectivity index (χ0v) is 15.3. The molecule has 0 saturated carbocycles. The van der Waals surface area contributed by atoms with Gasteiger partial charge in [-0.3, -0.25) is 14.5 Å². The van der Waals surface area contributed by atoms with Crippen molar-refractivity contribution in [2.75, 3.05) is 31.1 Å². The number of nitrogens with zero attached hydrogens (tertiary/aromatic N) is 2. The van der Waals surface area contributed by atoms with E-state index in [0.29, 0.717) is 18.3 Å². The van der Waals surface area contributed by atoms with E-state index in [-0.39, 0.29) is 23.6 Å². The quantitative estimate of drug-likeness (QED) is 0.778. The van der Waals surface area contributed by atoms with E-state index in [1.807, 2.05) is 17.9 Å². The second-order valence-electron chi connectivity index (χ2n) is 6.16. The topological polar surface area (TPSA) is 66.6 Å². The standard InChI is InChI=1S/C18H27N3O2S/c1-3-21(18(23)13-24-12-17(19)22)16-9-10-20(11-16)14(2)15-7-5-4-6-8-15/h4-8,14,16H,3,9-13H2,1-2H3,(H2,19,22)/t14-,16-/m0/s1. The zero-order valence-electron chi connectivity index (χ0n) is 14.5. The Morgan fingerprint density at radius 2 is 2.04 bits per heavy atom. The molecule has 0 radical (unpaired) electrons. The van der Waals surface area contributed by atoms with Gasteiger partial charge in [0.2, 0.25) is 11.8 Å². The van der Waals surface area contributed by atoms with Gasteiger partial charge < -0.3 is 10.6 Å². The minimum absolute atomic E-state index is 0.1000. The lowest BCUT2D eigenvalue weighted by molar-refractivity contribution is -0.130. The normalized spacial score (nSPS) is 19.2. The highest BCUT2D eigenvalue weighted by Gasteiger charge is 2.32. The van der Waals surface area contributed by atoms with Gasteiger partial charge in [0.25, 0.3) is 0 Å². The van der Waals surface area contributed by atoms with Gasteiger partial charge in [-0.15, -0.1) is 11.8 Å². The highest BCUT2D eigenvalue weighted by Crippen LogP contribution is 2.26. The van der Waals surface area contributed by atoms with Crippen LogP contribution in [-0.4, -0.2) is 58.8 Å². The summed E-state index contributed by atoms with van der Waals surface area (Å²) in [5, 5.41) is 0. The molecule has 132 valence electrons. The Morgan fingerprint density at radius 3 is 2.67 bits per heavy atom. The number of carbonyl (C=O) groups excluding carboxylic acids is 2. The fourth-order valence-corrected chi connectivity index (χ4v) is 3.92. The van der Waals surface area contributed by atoms with Gasteiger partial charge in [0, 0.05) is 31.7 Å². The van der Waals surface area contributed by atoms with Crippen LogP contribution in [0.15, 0.2) is 30.3 Å². The van der Waals surface area contributed by atoms with Crippen molar-refractivity contribution >= 4 is 23.6 Å². The fraction of sp³-hybridized carbons (Fsp3) is 0.556. The van der Waals surface area contributed by atoms with Crippen LogP contribution in [0.1, 0.15) is 31.9 Å². The Morgan fingerprint density at radius 1 is 1.33 bits per heavy atom. The molecule has 1 heterocycles. The van der Waals surface area contributed by atoms with E-state index >= 15 is 0 Å². The summed E-state index contributed by atoms with van der Waals surface area (Å²) in [7, 11) is 0. The van der Waals surface area contributed by atoms with Crippen LogP contribution in [-0.2, 0) is 9.59 Å². The third kappa shape index (κ3) is 4.98. The van der Waals surface area contributed by atoms with Gasteiger partial charge in [-0.25, -0.2) is 0 Å². The maximum Gasteiger partial charge on any atom is 0.232 e. The molecule has 1 aromatic rings. The molecule has 6 heteroatoms. The minimum Gasteiger partial charge on any atom is -0.369 e. The smallest absolute Gasteiger partial charge is 0.232 e. The molecule has 2 N–H and O–H groups in total. The lowest BCUT2D eigenvalue weighted by Crippen LogP contribution is -2.43. The number of likely N-dealkylation sites (N-methyl/N-ethyl adjacent to an activating group) is 1. The second kappa shape index (κ2) is 9.08. The highest BCUT2D eigenvalue weighted by atomic mass is 32.2. The number of amides is 2. The van der Waals surface area contributed by atoms with Gasteiger partial charge in [-0.2, -0.15) is 0 Å². The van der Waals surface area contributed by atoms with Crippen LogP contribution in [0.5, 0.6) is 0 Å². The Balaban J connectivity index is 1.90. The Hall–Kier alpha value is -1.53.